The first-order valence-electron chi connectivity index (χ1n) is 6.75. The molecule has 0 saturated carbocycles. The van der Waals surface area contributed by atoms with Crippen LogP contribution >= 0.6 is 0 Å². The first-order valence-corrected chi connectivity index (χ1v) is 6.75. The van der Waals surface area contributed by atoms with E-state index >= 15 is 0 Å². The summed E-state index contributed by atoms with van der Waals surface area (Å²) in [5.74, 6) is 0.830. The fraction of sp³-hybridized carbons (Fsp3) is 0.333. The number of nitrogens with two attached hydrogens (primary N) is 1. The van der Waals surface area contributed by atoms with Gasteiger partial charge in [-0.15, -0.1) is 0 Å². The van der Waals surface area contributed by atoms with Crippen LogP contribution in [0.1, 0.15) is 17.5 Å². The Labute approximate surface area is 113 Å². The van der Waals surface area contributed by atoms with Crippen LogP contribution in [0.4, 0.5) is 5.82 Å². The molecule has 0 amide bonds. The second-order valence-corrected chi connectivity index (χ2v) is 4.84. The lowest BCUT2D eigenvalue weighted by molar-refractivity contribution is 0.912. The highest BCUT2D eigenvalue weighted by molar-refractivity contribution is 5.64. The third kappa shape index (κ3) is 2.58. The van der Waals surface area contributed by atoms with Gasteiger partial charge in [0.2, 0.25) is 0 Å². The van der Waals surface area contributed by atoms with Crippen LogP contribution in [0.3, 0.4) is 0 Å². The highest BCUT2D eigenvalue weighted by atomic mass is 15.0. The van der Waals surface area contributed by atoms with Crippen molar-refractivity contribution >= 4 is 5.82 Å². The summed E-state index contributed by atoms with van der Waals surface area (Å²) in [6, 6.07) is 8.62. The molecule has 0 fully saturated rings. The number of rotatable bonds is 4. The van der Waals surface area contributed by atoms with Crippen LogP contribution in [0.2, 0.25) is 0 Å². The Morgan fingerprint density at radius 2 is 2.00 bits per heavy atom. The smallest absolute Gasteiger partial charge is 0.129 e. The molecule has 1 aliphatic carbocycles. The second kappa shape index (κ2) is 5.36. The van der Waals surface area contributed by atoms with Gasteiger partial charge in [-0.2, -0.15) is 0 Å². The Hall–Kier alpha value is -1.94. The molecule has 0 bridgehead atoms. The molecule has 0 radical (unpaired) electrons. The molecule has 2 aromatic rings. The molecule has 4 heteroatoms. The summed E-state index contributed by atoms with van der Waals surface area (Å²) in [6.45, 7) is 1.32. The zero-order chi connectivity index (χ0) is 13.1. The van der Waals surface area contributed by atoms with Crippen LogP contribution in [-0.2, 0) is 12.8 Å². The van der Waals surface area contributed by atoms with E-state index in [-0.39, 0.29) is 0 Å². The number of nitrogens with zero attached hydrogens (tertiary/aromatic N) is 2. The summed E-state index contributed by atoms with van der Waals surface area (Å²) < 4.78 is 0. The lowest BCUT2D eigenvalue weighted by Crippen LogP contribution is -2.13. The fourth-order valence-corrected chi connectivity index (χ4v) is 2.54. The molecular weight excluding hydrogens is 236 g/mol. The van der Waals surface area contributed by atoms with E-state index < -0.39 is 0 Å². The molecule has 1 aliphatic rings. The van der Waals surface area contributed by atoms with Crippen LogP contribution in [0, 0.1) is 0 Å². The van der Waals surface area contributed by atoms with Crippen molar-refractivity contribution in [2.45, 2.75) is 19.3 Å². The minimum absolute atomic E-state index is 0.595. The van der Waals surface area contributed by atoms with Gasteiger partial charge in [0.15, 0.2) is 0 Å². The summed E-state index contributed by atoms with van der Waals surface area (Å²) in [7, 11) is 0. The molecule has 0 saturated heterocycles. The Morgan fingerprint density at radius 1 is 1.11 bits per heavy atom. The van der Waals surface area contributed by atoms with Crippen molar-refractivity contribution in [3.63, 3.8) is 0 Å². The molecule has 0 aliphatic heterocycles. The third-order valence-corrected chi connectivity index (χ3v) is 3.51. The van der Waals surface area contributed by atoms with Gasteiger partial charge < -0.3 is 11.1 Å². The van der Waals surface area contributed by atoms with E-state index in [4.69, 9.17) is 5.73 Å². The Morgan fingerprint density at radius 3 is 2.89 bits per heavy atom. The standard InChI is InChI=1S/C15H18N4/c16-6-7-17-15-9-14(18-10-19-15)13-5-4-11-2-1-3-12(11)8-13/h4-5,8-10H,1-3,6-7,16H2,(H,17,18,19). The van der Waals surface area contributed by atoms with Crippen LogP contribution in [0.15, 0.2) is 30.6 Å². The van der Waals surface area contributed by atoms with Gasteiger partial charge in [-0.3, -0.25) is 0 Å². The molecule has 1 aromatic heterocycles. The first-order chi connectivity index (χ1) is 9.36. The van der Waals surface area contributed by atoms with Crippen molar-refractivity contribution in [3.05, 3.63) is 41.7 Å². The van der Waals surface area contributed by atoms with E-state index in [2.05, 4.69) is 33.5 Å². The SMILES string of the molecule is NCCNc1cc(-c2ccc3c(c2)CCC3)ncn1. The molecule has 0 unspecified atom stereocenters. The number of aromatic nitrogens is 2. The number of hydrogen-bond acceptors (Lipinski definition) is 4. The minimum atomic E-state index is 0.595. The maximum Gasteiger partial charge on any atom is 0.129 e. The van der Waals surface area contributed by atoms with E-state index in [1.165, 1.54) is 36.0 Å². The molecule has 98 valence electrons. The zero-order valence-electron chi connectivity index (χ0n) is 10.9. The van der Waals surface area contributed by atoms with Gasteiger partial charge in [0, 0.05) is 24.7 Å². The molecule has 19 heavy (non-hydrogen) atoms. The van der Waals surface area contributed by atoms with Crippen LogP contribution in [0.25, 0.3) is 11.3 Å². The van der Waals surface area contributed by atoms with Gasteiger partial charge >= 0.3 is 0 Å². The lowest BCUT2D eigenvalue weighted by Gasteiger charge is -2.07. The largest absolute Gasteiger partial charge is 0.369 e. The van der Waals surface area contributed by atoms with Crippen molar-refractivity contribution < 1.29 is 0 Å². The maximum atomic E-state index is 5.48. The quantitative estimate of drug-likeness (QED) is 0.876. The van der Waals surface area contributed by atoms with Gasteiger partial charge in [-0.25, -0.2) is 9.97 Å². The molecule has 1 heterocycles. The van der Waals surface area contributed by atoms with Crippen molar-refractivity contribution in [2.24, 2.45) is 5.73 Å². The van der Waals surface area contributed by atoms with E-state index in [0.29, 0.717) is 6.54 Å². The number of anilines is 1. The lowest BCUT2D eigenvalue weighted by atomic mass is 10.0. The van der Waals surface area contributed by atoms with Crippen LogP contribution < -0.4 is 11.1 Å². The van der Waals surface area contributed by atoms with Crippen molar-refractivity contribution in [1.29, 1.82) is 0 Å². The summed E-state index contributed by atoms with van der Waals surface area (Å²) in [6.07, 6.45) is 5.27. The predicted molar refractivity (Wildman–Crippen MR) is 77.0 cm³/mol. The predicted octanol–water partition coefficient (Wildman–Crippen LogP) is 2.00. The highest BCUT2D eigenvalue weighted by Gasteiger charge is 2.12. The molecule has 3 N–H and O–H groups in total. The maximum absolute atomic E-state index is 5.48. The number of aryl methyl sites for hydroxylation is 2. The van der Waals surface area contributed by atoms with Gasteiger partial charge in [0.1, 0.15) is 12.1 Å². The van der Waals surface area contributed by atoms with Gasteiger partial charge in [-0.1, -0.05) is 12.1 Å². The topological polar surface area (TPSA) is 63.8 Å². The molecule has 1 aromatic carbocycles. The first kappa shape index (κ1) is 12.1. The summed E-state index contributed by atoms with van der Waals surface area (Å²) in [5, 5.41) is 3.18. The van der Waals surface area contributed by atoms with Gasteiger partial charge in [0.05, 0.1) is 5.69 Å². The van der Waals surface area contributed by atoms with Crippen molar-refractivity contribution in [3.8, 4) is 11.3 Å². The highest BCUT2D eigenvalue weighted by Crippen LogP contribution is 2.27. The van der Waals surface area contributed by atoms with E-state index in [1.54, 1.807) is 6.33 Å². The molecule has 0 atom stereocenters. The van der Waals surface area contributed by atoms with Crippen LogP contribution in [0.5, 0.6) is 0 Å². The third-order valence-electron chi connectivity index (χ3n) is 3.51. The number of benzene rings is 1. The molecule has 4 nitrogen and oxygen atoms in total. The van der Waals surface area contributed by atoms with Crippen LogP contribution in [-0.4, -0.2) is 23.1 Å². The molecule has 0 spiro atoms. The monoisotopic (exact) mass is 254 g/mol. The van der Waals surface area contributed by atoms with E-state index in [1.807, 2.05) is 6.07 Å². The van der Waals surface area contributed by atoms with Gasteiger partial charge in [-0.05, 0) is 36.5 Å². The Bertz CT molecular complexity index is 580. The Kier molecular flexibility index (Phi) is 3.42. The van der Waals surface area contributed by atoms with E-state index in [0.717, 1.165) is 18.1 Å². The number of fused-ring (bicyclic) bond motifs is 1. The normalized spacial score (nSPS) is 13.3. The summed E-state index contributed by atoms with van der Waals surface area (Å²) >= 11 is 0. The number of hydrogen-bond donors (Lipinski definition) is 2. The summed E-state index contributed by atoms with van der Waals surface area (Å²) in [4.78, 5) is 8.56. The molecular formula is C15H18N4. The molecule has 3 rings (SSSR count). The van der Waals surface area contributed by atoms with Crippen molar-refractivity contribution in [1.82, 2.24) is 9.97 Å². The fourth-order valence-electron chi connectivity index (χ4n) is 2.54. The average Bonchev–Trinajstić information content (AvgIpc) is 2.92. The van der Waals surface area contributed by atoms with Crippen molar-refractivity contribution in [2.75, 3.05) is 18.4 Å². The average molecular weight is 254 g/mol. The second-order valence-electron chi connectivity index (χ2n) is 4.84. The van der Waals surface area contributed by atoms with Gasteiger partial charge in [0.25, 0.3) is 0 Å². The van der Waals surface area contributed by atoms with E-state index in [9.17, 15) is 0 Å². The number of nitrogens with one attached hydrogen (secondary N) is 1. The summed E-state index contributed by atoms with van der Waals surface area (Å²) in [5.41, 5.74) is 10.6. The zero-order valence-corrected chi connectivity index (χ0v) is 10.9. The Balaban J connectivity index is 1.89. The minimum Gasteiger partial charge on any atom is -0.369 e.